The molecule has 1 aromatic heterocycles. The summed E-state index contributed by atoms with van der Waals surface area (Å²) in [5.41, 5.74) is 1.44. The number of likely N-dealkylation sites (tertiary alicyclic amines) is 1. The number of carbonyl (C=O) groups is 1. The number of fused-ring (bicyclic) bond motifs is 1. The molecule has 2 fully saturated rings. The predicted molar refractivity (Wildman–Crippen MR) is 81.2 cm³/mol. The van der Waals surface area contributed by atoms with Crippen molar-refractivity contribution in [1.29, 1.82) is 0 Å². The zero-order valence-corrected chi connectivity index (χ0v) is 13.2. The van der Waals surface area contributed by atoms with Gasteiger partial charge in [0, 0.05) is 44.6 Å². The molecule has 0 unspecified atom stereocenters. The second kappa shape index (κ2) is 6.44. The summed E-state index contributed by atoms with van der Waals surface area (Å²) in [6, 6.07) is 2.18. The summed E-state index contributed by atoms with van der Waals surface area (Å²) in [5, 5.41) is 7.33. The lowest BCUT2D eigenvalue weighted by molar-refractivity contribution is -0.125. The maximum Gasteiger partial charge on any atom is 0.246 e. The SMILES string of the molecule is COCC(=O)NC[C@]12COC[C@H]1CN(Cc1ccsc1)C2. The van der Waals surface area contributed by atoms with E-state index in [-0.39, 0.29) is 17.9 Å². The van der Waals surface area contributed by atoms with E-state index in [1.807, 2.05) is 0 Å². The van der Waals surface area contributed by atoms with Gasteiger partial charge < -0.3 is 14.8 Å². The van der Waals surface area contributed by atoms with Gasteiger partial charge in [-0.2, -0.15) is 11.3 Å². The fourth-order valence-corrected chi connectivity index (χ4v) is 4.07. The highest BCUT2D eigenvalue weighted by Crippen LogP contribution is 2.41. The maximum absolute atomic E-state index is 11.6. The molecule has 1 amide bonds. The molecule has 1 N–H and O–H groups in total. The maximum atomic E-state index is 11.6. The lowest BCUT2D eigenvalue weighted by Gasteiger charge is -2.27. The van der Waals surface area contributed by atoms with Crippen molar-refractivity contribution in [3.05, 3.63) is 22.4 Å². The van der Waals surface area contributed by atoms with Gasteiger partial charge in [0.05, 0.1) is 13.2 Å². The van der Waals surface area contributed by atoms with Gasteiger partial charge in [-0.05, 0) is 22.4 Å². The molecule has 2 aliphatic heterocycles. The minimum absolute atomic E-state index is 0.0474. The van der Waals surface area contributed by atoms with E-state index in [4.69, 9.17) is 9.47 Å². The molecule has 0 bridgehead atoms. The van der Waals surface area contributed by atoms with E-state index < -0.39 is 0 Å². The van der Waals surface area contributed by atoms with Crippen LogP contribution < -0.4 is 5.32 Å². The smallest absolute Gasteiger partial charge is 0.246 e. The molecule has 0 radical (unpaired) electrons. The van der Waals surface area contributed by atoms with Gasteiger partial charge in [-0.15, -0.1) is 0 Å². The van der Waals surface area contributed by atoms with Crippen LogP contribution in [0.4, 0.5) is 0 Å². The third kappa shape index (κ3) is 3.29. The Bertz CT molecular complexity index is 479. The van der Waals surface area contributed by atoms with Gasteiger partial charge in [-0.3, -0.25) is 9.69 Å². The van der Waals surface area contributed by atoms with Crippen molar-refractivity contribution in [3.8, 4) is 0 Å². The zero-order chi connectivity index (χ0) is 14.7. The Kier molecular flexibility index (Phi) is 4.59. The first kappa shape index (κ1) is 15.0. The fraction of sp³-hybridized carbons (Fsp3) is 0.667. The second-order valence-electron chi connectivity index (χ2n) is 6.09. The number of thiophene rings is 1. The van der Waals surface area contributed by atoms with Gasteiger partial charge in [0.2, 0.25) is 5.91 Å². The topological polar surface area (TPSA) is 50.8 Å². The third-order valence-electron chi connectivity index (χ3n) is 4.49. The number of amides is 1. The molecule has 3 rings (SSSR count). The Labute approximate surface area is 129 Å². The molecule has 0 saturated carbocycles. The Morgan fingerprint density at radius 1 is 1.67 bits per heavy atom. The van der Waals surface area contributed by atoms with Crippen LogP contribution in [-0.4, -0.2) is 57.4 Å². The summed E-state index contributed by atoms with van der Waals surface area (Å²) in [5.74, 6) is 0.466. The molecule has 2 aliphatic rings. The summed E-state index contributed by atoms with van der Waals surface area (Å²) in [7, 11) is 1.54. The molecule has 2 atom stereocenters. The van der Waals surface area contributed by atoms with Crippen molar-refractivity contribution in [1.82, 2.24) is 10.2 Å². The van der Waals surface area contributed by atoms with E-state index in [2.05, 4.69) is 27.0 Å². The van der Waals surface area contributed by atoms with E-state index >= 15 is 0 Å². The fourth-order valence-electron chi connectivity index (χ4n) is 3.41. The summed E-state index contributed by atoms with van der Waals surface area (Å²) in [4.78, 5) is 14.1. The molecule has 116 valence electrons. The van der Waals surface area contributed by atoms with Crippen LogP contribution in [0.15, 0.2) is 16.8 Å². The van der Waals surface area contributed by atoms with Gasteiger partial charge in [0.1, 0.15) is 6.61 Å². The highest BCUT2D eigenvalue weighted by molar-refractivity contribution is 7.07. The van der Waals surface area contributed by atoms with E-state index in [1.54, 1.807) is 11.3 Å². The van der Waals surface area contributed by atoms with Crippen LogP contribution in [-0.2, 0) is 20.8 Å². The van der Waals surface area contributed by atoms with E-state index in [0.717, 1.165) is 32.8 Å². The van der Waals surface area contributed by atoms with Crippen LogP contribution in [0.1, 0.15) is 5.56 Å². The van der Waals surface area contributed by atoms with Crippen LogP contribution in [0.25, 0.3) is 0 Å². The van der Waals surface area contributed by atoms with Crippen molar-refractivity contribution in [2.45, 2.75) is 6.54 Å². The second-order valence-corrected chi connectivity index (χ2v) is 6.87. The summed E-state index contributed by atoms with van der Waals surface area (Å²) < 4.78 is 10.6. The Morgan fingerprint density at radius 2 is 2.57 bits per heavy atom. The molecule has 3 heterocycles. The van der Waals surface area contributed by atoms with E-state index in [0.29, 0.717) is 12.5 Å². The number of carbonyl (C=O) groups excluding carboxylic acids is 1. The minimum atomic E-state index is -0.0474. The predicted octanol–water partition coefficient (Wildman–Crippen LogP) is 0.959. The number of hydrogen-bond acceptors (Lipinski definition) is 5. The first-order valence-corrected chi connectivity index (χ1v) is 8.23. The first-order valence-electron chi connectivity index (χ1n) is 7.29. The van der Waals surface area contributed by atoms with E-state index in [1.165, 1.54) is 12.7 Å². The number of hydrogen-bond donors (Lipinski definition) is 1. The first-order chi connectivity index (χ1) is 10.2. The average molecular weight is 310 g/mol. The monoisotopic (exact) mass is 310 g/mol. The molecule has 5 nitrogen and oxygen atoms in total. The third-order valence-corrected chi connectivity index (χ3v) is 5.22. The van der Waals surface area contributed by atoms with Gasteiger partial charge in [0.25, 0.3) is 0 Å². The van der Waals surface area contributed by atoms with Crippen LogP contribution >= 0.6 is 11.3 Å². The van der Waals surface area contributed by atoms with Crippen molar-refractivity contribution in [2.75, 3.05) is 46.6 Å². The Morgan fingerprint density at radius 3 is 3.33 bits per heavy atom. The number of methoxy groups -OCH3 is 1. The molecular formula is C15H22N2O3S. The molecule has 0 aromatic carbocycles. The molecule has 1 aromatic rings. The highest BCUT2D eigenvalue weighted by atomic mass is 32.1. The number of ether oxygens (including phenoxy) is 2. The van der Waals surface area contributed by atoms with Gasteiger partial charge in [-0.25, -0.2) is 0 Å². The molecule has 2 saturated heterocycles. The van der Waals surface area contributed by atoms with Gasteiger partial charge >= 0.3 is 0 Å². The largest absolute Gasteiger partial charge is 0.380 e. The van der Waals surface area contributed by atoms with Crippen molar-refractivity contribution in [3.63, 3.8) is 0 Å². The normalized spacial score (nSPS) is 28.7. The number of nitrogens with one attached hydrogen (secondary N) is 1. The summed E-state index contributed by atoms with van der Waals surface area (Å²) in [6.45, 7) is 5.39. The molecule has 0 aliphatic carbocycles. The zero-order valence-electron chi connectivity index (χ0n) is 12.3. The van der Waals surface area contributed by atoms with Crippen LogP contribution in [0.2, 0.25) is 0 Å². The van der Waals surface area contributed by atoms with Crippen LogP contribution in [0.5, 0.6) is 0 Å². The molecule has 0 spiro atoms. The highest BCUT2D eigenvalue weighted by Gasteiger charge is 2.50. The van der Waals surface area contributed by atoms with Gasteiger partial charge in [0.15, 0.2) is 0 Å². The average Bonchev–Trinajstić information content (AvgIpc) is 3.13. The lowest BCUT2D eigenvalue weighted by Crippen LogP contribution is -2.44. The van der Waals surface area contributed by atoms with Crippen molar-refractivity contribution < 1.29 is 14.3 Å². The van der Waals surface area contributed by atoms with Crippen LogP contribution in [0.3, 0.4) is 0 Å². The summed E-state index contributed by atoms with van der Waals surface area (Å²) in [6.07, 6.45) is 0. The standard InChI is InChI=1S/C15H22N2O3S/c1-19-7-14(18)16-9-15-10-17(4-12-2-3-21-8-12)5-13(15)6-20-11-15/h2-3,8,13H,4-7,9-11H2,1H3,(H,16,18)/t13-,15+/m1/s1. The molecular weight excluding hydrogens is 288 g/mol. The molecule has 21 heavy (non-hydrogen) atoms. The van der Waals surface area contributed by atoms with Crippen molar-refractivity contribution >= 4 is 17.2 Å². The number of nitrogens with zero attached hydrogens (tertiary/aromatic N) is 1. The Balaban J connectivity index is 1.59. The lowest BCUT2D eigenvalue weighted by atomic mass is 9.81. The number of rotatable bonds is 6. The van der Waals surface area contributed by atoms with Crippen LogP contribution in [0, 0.1) is 11.3 Å². The summed E-state index contributed by atoms with van der Waals surface area (Å²) >= 11 is 1.74. The quantitative estimate of drug-likeness (QED) is 0.850. The Hall–Kier alpha value is -0.950. The van der Waals surface area contributed by atoms with Crippen molar-refractivity contribution in [2.24, 2.45) is 11.3 Å². The van der Waals surface area contributed by atoms with E-state index in [9.17, 15) is 4.79 Å². The molecule has 6 heteroatoms. The van der Waals surface area contributed by atoms with Gasteiger partial charge in [-0.1, -0.05) is 0 Å². The minimum Gasteiger partial charge on any atom is -0.380 e.